The molecule has 120 valence electrons. The third-order valence-electron chi connectivity index (χ3n) is 5.34. The zero-order chi connectivity index (χ0) is 15.6. The van der Waals surface area contributed by atoms with Crippen LogP contribution in [0.4, 0.5) is 10.1 Å². The van der Waals surface area contributed by atoms with Crippen LogP contribution in [0.5, 0.6) is 0 Å². The topological polar surface area (TPSA) is 6.48 Å². The van der Waals surface area contributed by atoms with Crippen LogP contribution in [0.3, 0.4) is 0 Å². The predicted octanol–water partition coefficient (Wildman–Crippen LogP) is 3.51. The molecule has 2 aromatic carbocycles. The molecule has 4 rings (SSSR count). The van der Waals surface area contributed by atoms with Crippen LogP contribution in [-0.2, 0) is 12.8 Å². The lowest BCUT2D eigenvalue weighted by molar-refractivity contribution is 0.169. The average Bonchev–Trinajstić information content (AvgIpc) is 2.62. The number of anilines is 1. The highest BCUT2D eigenvalue weighted by molar-refractivity contribution is 5.48. The minimum atomic E-state index is -0.104. The van der Waals surface area contributed by atoms with Crippen LogP contribution in [0.15, 0.2) is 48.5 Å². The lowest BCUT2D eigenvalue weighted by Gasteiger charge is -2.42. The summed E-state index contributed by atoms with van der Waals surface area (Å²) in [5.41, 5.74) is 3.79. The second kappa shape index (κ2) is 6.32. The number of fused-ring (bicyclic) bond motifs is 1. The molecule has 0 spiro atoms. The molecule has 2 aliphatic rings. The summed E-state index contributed by atoms with van der Waals surface area (Å²) in [5, 5.41) is 0. The second-order valence-electron chi connectivity index (χ2n) is 6.64. The molecular weight excluding hydrogens is 287 g/mol. The molecule has 0 saturated carbocycles. The molecule has 2 aromatic rings. The maximum atomic E-state index is 13.9. The number of hydrogen-bond acceptors (Lipinski definition) is 2. The minimum Gasteiger partial charge on any atom is -0.367 e. The van der Waals surface area contributed by atoms with Gasteiger partial charge in [0, 0.05) is 32.2 Å². The van der Waals surface area contributed by atoms with Crippen LogP contribution in [-0.4, -0.2) is 37.1 Å². The van der Waals surface area contributed by atoms with Crippen molar-refractivity contribution in [3.63, 3.8) is 0 Å². The monoisotopic (exact) mass is 310 g/mol. The van der Waals surface area contributed by atoms with Crippen LogP contribution in [0.2, 0.25) is 0 Å². The zero-order valence-corrected chi connectivity index (χ0v) is 13.4. The number of nitrogens with zero attached hydrogens (tertiary/aromatic N) is 2. The maximum absolute atomic E-state index is 13.9. The first-order chi connectivity index (χ1) is 11.3. The van der Waals surface area contributed by atoms with E-state index < -0.39 is 0 Å². The number of halogens is 1. The van der Waals surface area contributed by atoms with E-state index in [1.807, 2.05) is 12.1 Å². The van der Waals surface area contributed by atoms with Gasteiger partial charge in [0.1, 0.15) is 5.82 Å². The first-order valence-corrected chi connectivity index (χ1v) is 8.61. The van der Waals surface area contributed by atoms with Crippen LogP contribution >= 0.6 is 0 Å². The van der Waals surface area contributed by atoms with Gasteiger partial charge in [-0.3, -0.25) is 4.90 Å². The number of benzene rings is 2. The van der Waals surface area contributed by atoms with Gasteiger partial charge in [0.2, 0.25) is 0 Å². The SMILES string of the molecule is Fc1ccccc1N1CCN(C2CCc3ccccc3C2)CC1. The van der Waals surface area contributed by atoms with E-state index in [0.29, 0.717) is 6.04 Å². The minimum absolute atomic E-state index is 0.104. The molecule has 1 saturated heterocycles. The number of rotatable bonds is 2. The maximum Gasteiger partial charge on any atom is 0.146 e. The van der Waals surface area contributed by atoms with Gasteiger partial charge in [-0.25, -0.2) is 4.39 Å². The number of para-hydroxylation sites is 1. The number of hydrogen-bond donors (Lipinski definition) is 0. The van der Waals surface area contributed by atoms with Crippen LogP contribution < -0.4 is 4.90 Å². The Morgan fingerprint density at radius 1 is 0.826 bits per heavy atom. The lowest BCUT2D eigenvalue weighted by atomic mass is 9.87. The summed E-state index contributed by atoms with van der Waals surface area (Å²) in [6.07, 6.45) is 3.60. The average molecular weight is 310 g/mol. The molecule has 1 heterocycles. The first kappa shape index (κ1) is 14.7. The Hall–Kier alpha value is -1.87. The fraction of sp³-hybridized carbons (Fsp3) is 0.400. The van der Waals surface area contributed by atoms with Crippen molar-refractivity contribution in [2.24, 2.45) is 0 Å². The van der Waals surface area contributed by atoms with Gasteiger partial charge in [-0.1, -0.05) is 36.4 Å². The molecule has 1 unspecified atom stereocenters. The highest BCUT2D eigenvalue weighted by Gasteiger charge is 2.27. The van der Waals surface area contributed by atoms with Crippen molar-refractivity contribution in [3.8, 4) is 0 Å². The Morgan fingerprint density at radius 3 is 2.30 bits per heavy atom. The first-order valence-electron chi connectivity index (χ1n) is 8.61. The Kier molecular flexibility index (Phi) is 4.04. The Morgan fingerprint density at radius 2 is 1.52 bits per heavy atom. The summed E-state index contributed by atoms with van der Waals surface area (Å²) < 4.78 is 13.9. The zero-order valence-electron chi connectivity index (χ0n) is 13.4. The molecule has 23 heavy (non-hydrogen) atoms. The predicted molar refractivity (Wildman–Crippen MR) is 92.4 cm³/mol. The molecule has 0 radical (unpaired) electrons. The summed E-state index contributed by atoms with van der Waals surface area (Å²) >= 11 is 0. The van der Waals surface area contributed by atoms with E-state index >= 15 is 0 Å². The molecule has 1 aliphatic heterocycles. The van der Waals surface area contributed by atoms with Crippen molar-refractivity contribution in [2.45, 2.75) is 25.3 Å². The Labute approximate surface area is 137 Å². The largest absolute Gasteiger partial charge is 0.367 e. The van der Waals surface area contributed by atoms with E-state index in [-0.39, 0.29) is 5.82 Å². The van der Waals surface area contributed by atoms with Crippen molar-refractivity contribution in [2.75, 3.05) is 31.1 Å². The highest BCUT2D eigenvalue weighted by atomic mass is 19.1. The third kappa shape index (κ3) is 2.98. The van der Waals surface area contributed by atoms with Crippen LogP contribution in [0.1, 0.15) is 17.5 Å². The van der Waals surface area contributed by atoms with E-state index in [2.05, 4.69) is 34.1 Å². The summed E-state index contributed by atoms with van der Waals surface area (Å²) in [7, 11) is 0. The lowest BCUT2D eigenvalue weighted by Crippen LogP contribution is -2.52. The molecule has 1 fully saturated rings. The van der Waals surface area contributed by atoms with Crippen molar-refractivity contribution >= 4 is 5.69 Å². The van der Waals surface area contributed by atoms with Gasteiger partial charge in [-0.2, -0.15) is 0 Å². The molecule has 0 bridgehead atoms. The fourth-order valence-electron chi connectivity index (χ4n) is 4.03. The van der Waals surface area contributed by atoms with Gasteiger partial charge >= 0.3 is 0 Å². The molecule has 3 heteroatoms. The van der Waals surface area contributed by atoms with E-state index in [9.17, 15) is 4.39 Å². The summed E-state index contributed by atoms with van der Waals surface area (Å²) in [4.78, 5) is 4.79. The molecule has 0 N–H and O–H groups in total. The molecular formula is C20H23FN2. The van der Waals surface area contributed by atoms with Gasteiger partial charge < -0.3 is 4.90 Å². The third-order valence-corrected chi connectivity index (χ3v) is 5.34. The Bertz CT molecular complexity index is 677. The summed E-state index contributed by atoms with van der Waals surface area (Å²) in [6, 6.07) is 16.6. The molecule has 0 aromatic heterocycles. The second-order valence-corrected chi connectivity index (χ2v) is 6.64. The van der Waals surface area contributed by atoms with Gasteiger partial charge in [-0.15, -0.1) is 0 Å². The van der Waals surface area contributed by atoms with Crippen LogP contribution in [0, 0.1) is 5.82 Å². The van der Waals surface area contributed by atoms with Crippen molar-refractivity contribution in [3.05, 3.63) is 65.5 Å². The van der Waals surface area contributed by atoms with Crippen molar-refractivity contribution < 1.29 is 4.39 Å². The Balaban J connectivity index is 1.40. The highest BCUT2D eigenvalue weighted by Crippen LogP contribution is 2.26. The molecule has 0 amide bonds. The smallest absolute Gasteiger partial charge is 0.146 e. The van der Waals surface area contributed by atoms with Crippen molar-refractivity contribution in [1.29, 1.82) is 0 Å². The standard InChI is InChI=1S/C20H23FN2/c21-19-7-3-4-8-20(19)23-13-11-22(12-14-23)18-10-9-16-5-1-2-6-17(16)15-18/h1-8,18H,9-15H2. The van der Waals surface area contributed by atoms with Crippen molar-refractivity contribution in [1.82, 2.24) is 4.90 Å². The van der Waals surface area contributed by atoms with Gasteiger partial charge in [0.15, 0.2) is 0 Å². The van der Waals surface area contributed by atoms with E-state index in [1.165, 1.54) is 24.0 Å². The summed E-state index contributed by atoms with van der Waals surface area (Å²) in [6.45, 7) is 3.89. The number of piperazine rings is 1. The van der Waals surface area contributed by atoms with E-state index in [4.69, 9.17) is 0 Å². The number of aryl methyl sites for hydroxylation is 1. The van der Waals surface area contributed by atoms with Gasteiger partial charge in [0.25, 0.3) is 0 Å². The van der Waals surface area contributed by atoms with E-state index in [1.54, 1.807) is 12.1 Å². The fourth-order valence-corrected chi connectivity index (χ4v) is 4.03. The van der Waals surface area contributed by atoms with Crippen LogP contribution in [0.25, 0.3) is 0 Å². The van der Waals surface area contributed by atoms with Gasteiger partial charge in [-0.05, 0) is 42.5 Å². The van der Waals surface area contributed by atoms with Gasteiger partial charge in [0.05, 0.1) is 5.69 Å². The molecule has 2 nitrogen and oxygen atoms in total. The van der Waals surface area contributed by atoms with E-state index in [0.717, 1.165) is 38.3 Å². The summed E-state index contributed by atoms with van der Waals surface area (Å²) in [5.74, 6) is -0.104. The quantitative estimate of drug-likeness (QED) is 0.837. The molecule has 1 atom stereocenters. The molecule has 1 aliphatic carbocycles. The normalized spacial score (nSPS) is 22.0.